The Kier molecular flexibility index (Phi) is 2.65. The summed E-state index contributed by atoms with van der Waals surface area (Å²) in [7, 11) is 0. The van der Waals surface area contributed by atoms with E-state index in [4.69, 9.17) is 11.6 Å². The van der Waals surface area contributed by atoms with E-state index in [0.717, 1.165) is 28.4 Å². The molecule has 4 heteroatoms. The Labute approximate surface area is 108 Å². The number of aromatic nitrogens is 2. The van der Waals surface area contributed by atoms with E-state index in [0.29, 0.717) is 0 Å². The first kappa shape index (κ1) is 10.8. The lowest BCUT2D eigenvalue weighted by Crippen LogP contribution is -1.95. The number of benzene rings is 1. The van der Waals surface area contributed by atoms with Gasteiger partial charge in [-0.2, -0.15) is 0 Å². The fourth-order valence-electron chi connectivity index (χ4n) is 2.02. The first-order valence-electron chi connectivity index (χ1n) is 5.49. The standard InChI is InChI=1S/C13H11ClN2S/c1-2-16-11-6-5-9(14)8-10(11)15-13(16)12-4-3-7-17-12/h3-8H,2H2,1H3. The zero-order chi connectivity index (χ0) is 11.8. The molecule has 0 aliphatic rings. The maximum absolute atomic E-state index is 6.00. The highest BCUT2D eigenvalue weighted by molar-refractivity contribution is 7.13. The Hall–Kier alpha value is -1.32. The minimum atomic E-state index is 0.732. The van der Waals surface area contributed by atoms with Crippen LogP contribution in [0.1, 0.15) is 6.92 Å². The Balaban J connectivity index is 2.31. The lowest BCUT2D eigenvalue weighted by atomic mass is 10.3. The number of hydrogen-bond donors (Lipinski definition) is 0. The average Bonchev–Trinajstić information content (AvgIpc) is 2.94. The molecule has 0 radical (unpaired) electrons. The van der Waals surface area contributed by atoms with Crippen LogP contribution in [0.2, 0.25) is 5.02 Å². The summed E-state index contributed by atoms with van der Waals surface area (Å²) in [5.41, 5.74) is 2.10. The number of fused-ring (bicyclic) bond motifs is 1. The van der Waals surface area contributed by atoms with Crippen LogP contribution in [0.15, 0.2) is 35.7 Å². The molecule has 0 saturated carbocycles. The van der Waals surface area contributed by atoms with Gasteiger partial charge in [-0.3, -0.25) is 0 Å². The van der Waals surface area contributed by atoms with Crippen molar-refractivity contribution in [3.63, 3.8) is 0 Å². The molecule has 0 bridgehead atoms. The number of aryl methyl sites for hydroxylation is 1. The summed E-state index contributed by atoms with van der Waals surface area (Å²) in [5, 5.41) is 2.80. The van der Waals surface area contributed by atoms with Crippen molar-refractivity contribution in [2.45, 2.75) is 13.5 Å². The van der Waals surface area contributed by atoms with Gasteiger partial charge in [0.1, 0.15) is 0 Å². The Morgan fingerprint density at radius 1 is 1.35 bits per heavy atom. The van der Waals surface area contributed by atoms with E-state index < -0.39 is 0 Å². The zero-order valence-corrected chi connectivity index (χ0v) is 10.9. The van der Waals surface area contributed by atoms with Crippen molar-refractivity contribution >= 4 is 34.0 Å². The second-order valence-corrected chi connectivity index (χ2v) is 5.17. The Morgan fingerprint density at radius 2 is 2.24 bits per heavy atom. The van der Waals surface area contributed by atoms with E-state index in [1.165, 1.54) is 4.88 Å². The summed E-state index contributed by atoms with van der Waals surface area (Å²) in [6.45, 7) is 3.04. The molecule has 0 aliphatic carbocycles. The van der Waals surface area contributed by atoms with Gasteiger partial charge in [0.05, 0.1) is 15.9 Å². The molecule has 0 N–H and O–H groups in total. The topological polar surface area (TPSA) is 17.8 Å². The maximum Gasteiger partial charge on any atom is 0.151 e. The third-order valence-electron chi connectivity index (χ3n) is 2.77. The van der Waals surface area contributed by atoms with Crippen molar-refractivity contribution in [3.05, 3.63) is 40.7 Å². The number of thiophene rings is 1. The highest BCUT2D eigenvalue weighted by Crippen LogP contribution is 2.29. The fourth-order valence-corrected chi connectivity index (χ4v) is 2.91. The quantitative estimate of drug-likeness (QED) is 0.668. The van der Waals surface area contributed by atoms with Crippen molar-refractivity contribution in [3.8, 4) is 10.7 Å². The molecule has 0 saturated heterocycles. The molecule has 0 aliphatic heterocycles. The smallest absolute Gasteiger partial charge is 0.151 e. The highest BCUT2D eigenvalue weighted by Gasteiger charge is 2.12. The minimum absolute atomic E-state index is 0.732. The number of nitrogens with zero attached hydrogens (tertiary/aromatic N) is 2. The Bertz CT molecular complexity index is 655. The lowest BCUT2D eigenvalue weighted by molar-refractivity contribution is 0.798. The van der Waals surface area contributed by atoms with Gasteiger partial charge in [0.25, 0.3) is 0 Å². The summed E-state index contributed by atoms with van der Waals surface area (Å²) in [5.74, 6) is 1.03. The van der Waals surface area contributed by atoms with Crippen LogP contribution >= 0.6 is 22.9 Å². The number of rotatable bonds is 2. The molecule has 0 amide bonds. The van der Waals surface area contributed by atoms with Crippen LogP contribution in [0.3, 0.4) is 0 Å². The van der Waals surface area contributed by atoms with Crippen molar-refractivity contribution in [2.75, 3.05) is 0 Å². The van der Waals surface area contributed by atoms with Gasteiger partial charge >= 0.3 is 0 Å². The second kappa shape index (κ2) is 4.17. The van der Waals surface area contributed by atoms with Crippen molar-refractivity contribution in [2.24, 2.45) is 0 Å². The third-order valence-corrected chi connectivity index (χ3v) is 3.87. The zero-order valence-electron chi connectivity index (χ0n) is 9.35. The van der Waals surface area contributed by atoms with E-state index in [1.807, 2.05) is 24.3 Å². The summed E-state index contributed by atoms with van der Waals surface area (Å²) >= 11 is 7.71. The van der Waals surface area contributed by atoms with Crippen LogP contribution in [-0.2, 0) is 6.54 Å². The monoisotopic (exact) mass is 262 g/mol. The summed E-state index contributed by atoms with van der Waals surface area (Å²) in [4.78, 5) is 5.87. The number of halogens is 1. The number of hydrogen-bond acceptors (Lipinski definition) is 2. The van der Waals surface area contributed by atoms with Gasteiger partial charge in [-0.05, 0) is 36.6 Å². The maximum atomic E-state index is 6.00. The summed E-state index contributed by atoms with van der Waals surface area (Å²) < 4.78 is 2.22. The summed E-state index contributed by atoms with van der Waals surface area (Å²) in [6.07, 6.45) is 0. The van der Waals surface area contributed by atoms with E-state index in [-0.39, 0.29) is 0 Å². The van der Waals surface area contributed by atoms with Crippen molar-refractivity contribution in [1.29, 1.82) is 0 Å². The van der Waals surface area contributed by atoms with Crippen molar-refractivity contribution in [1.82, 2.24) is 9.55 Å². The van der Waals surface area contributed by atoms with E-state index in [2.05, 4.69) is 27.9 Å². The van der Waals surface area contributed by atoms with Gasteiger partial charge in [-0.1, -0.05) is 17.7 Å². The predicted molar refractivity (Wildman–Crippen MR) is 73.7 cm³/mol. The molecule has 0 spiro atoms. The van der Waals surface area contributed by atoms with Crippen LogP contribution in [0.25, 0.3) is 21.7 Å². The van der Waals surface area contributed by atoms with Crippen molar-refractivity contribution < 1.29 is 0 Å². The third kappa shape index (κ3) is 1.75. The molecule has 3 rings (SSSR count). The molecule has 86 valence electrons. The van der Waals surface area contributed by atoms with Crippen LogP contribution in [0, 0.1) is 0 Å². The second-order valence-electron chi connectivity index (χ2n) is 3.79. The summed E-state index contributed by atoms with van der Waals surface area (Å²) in [6, 6.07) is 10.0. The van der Waals surface area contributed by atoms with Gasteiger partial charge in [0.2, 0.25) is 0 Å². The molecular formula is C13H11ClN2S. The predicted octanol–water partition coefficient (Wildman–Crippen LogP) is 4.44. The van der Waals surface area contributed by atoms with Crippen LogP contribution < -0.4 is 0 Å². The van der Waals surface area contributed by atoms with Gasteiger partial charge in [-0.15, -0.1) is 11.3 Å². The molecule has 0 atom stereocenters. The SMILES string of the molecule is CCn1c(-c2cccs2)nc2cc(Cl)ccc21. The van der Waals surface area contributed by atoms with E-state index in [9.17, 15) is 0 Å². The molecule has 0 unspecified atom stereocenters. The van der Waals surface area contributed by atoms with E-state index in [1.54, 1.807) is 11.3 Å². The molecule has 2 heterocycles. The molecule has 17 heavy (non-hydrogen) atoms. The lowest BCUT2D eigenvalue weighted by Gasteiger charge is -2.03. The number of imidazole rings is 1. The van der Waals surface area contributed by atoms with Crippen LogP contribution in [-0.4, -0.2) is 9.55 Å². The van der Waals surface area contributed by atoms with Gasteiger partial charge in [-0.25, -0.2) is 4.98 Å². The minimum Gasteiger partial charge on any atom is -0.324 e. The largest absolute Gasteiger partial charge is 0.324 e. The van der Waals surface area contributed by atoms with Gasteiger partial charge in [0.15, 0.2) is 5.82 Å². The molecule has 1 aromatic carbocycles. The van der Waals surface area contributed by atoms with Crippen LogP contribution in [0.4, 0.5) is 0 Å². The Morgan fingerprint density at radius 3 is 2.94 bits per heavy atom. The first-order chi connectivity index (χ1) is 8.29. The molecule has 0 fully saturated rings. The van der Waals surface area contributed by atoms with E-state index >= 15 is 0 Å². The fraction of sp³-hybridized carbons (Fsp3) is 0.154. The molecular weight excluding hydrogens is 252 g/mol. The van der Waals surface area contributed by atoms with Gasteiger partial charge in [0, 0.05) is 11.6 Å². The van der Waals surface area contributed by atoms with Crippen LogP contribution in [0.5, 0.6) is 0 Å². The van der Waals surface area contributed by atoms with Gasteiger partial charge < -0.3 is 4.57 Å². The highest BCUT2D eigenvalue weighted by atomic mass is 35.5. The first-order valence-corrected chi connectivity index (χ1v) is 6.75. The normalized spacial score (nSPS) is 11.2. The molecule has 2 nitrogen and oxygen atoms in total. The molecule has 3 aromatic rings. The molecule has 2 aromatic heterocycles. The average molecular weight is 263 g/mol.